The highest BCUT2D eigenvalue weighted by Crippen LogP contribution is 2.31. The van der Waals surface area contributed by atoms with E-state index < -0.39 is 35.1 Å². The maximum absolute atomic E-state index is 14.2. The first-order valence-electron chi connectivity index (χ1n) is 15.6. The van der Waals surface area contributed by atoms with E-state index in [4.69, 9.17) is 26.8 Å². The van der Waals surface area contributed by atoms with Crippen LogP contribution in [0.1, 0.15) is 36.0 Å². The van der Waals surface area contributed by atoms with Crippen LogP contribution in [0.2, 0.25) is 5.02 Å². The number of carbonyl (C=O) groups is 2. The number of benzene rings is 4. The maximum Gasteiger partial charge on any atom is 0.420 e. The van der Waals surface area contributed by atoms with Gasteiger partial charge in [-0.25, -0.2) is 9.69 Å². The molecule has 0 aliphatic carbocycles. The number of anilines is 1. The molecule has 1 saturated heterocycles. The molecule has 4 aromatic carbocycles. The molecule has 1 aliphatic heterocycles. The number of methoxy groups -OCH3 is 1. The molecule has 0 saturated carbocycles. The Morgan fingerprint density at radius 3 is 2.19 bits per heavy atom. The van der Waals surface area contributed by atoms with Gasteiger partial charge in [0.05, 0.1) is 24.9 Å². The Labute approximate surface area is 284 Å². The van der Waals surface area contributed by atoms with Crippen molar-refractivity contribution in [1.29, 1.82) is 0 Å². The van der Waals surface area contributed by atoms with Gasteiger partial charge in [-0.1, -0.05) is 90.5 Å². The largest absolute Gasteiger partial charge is 0.611 e. The zero-order chi connectivity index (χ0) is 33.3. The van der Waals surface area contributed by atoms with Gasteiger partial charge in [0.25, 0.3) is 5.91 Å². The predicted octanol–water partition coefficient (Wildman–Crippen LogP) is 6.08. The minimum Gasteiger partial charge on any atom is -0.611 e. The van der Waals surface area contributed by atoms with E-state index in [-0.39, 0.29) is 18.2 Å². The van der Waals surface area contributed by atoms with Crippen molar-refractivity contribution in [2.24, 2.45) is 5.73 Å². The van der Waals surface area contributed by atoms with Gasteiger partial charge in [-0.05, 0) is 78.0 Å². The summed E-state index contributed by atoms with van der Waals surface area (Å²) in [6, 6.07) is 32.4. The summed E-state index contributed by atoms with van der Waals surface area (Å²) in [5.74, 6) is -0.727. The monoisotopic (exact) mass is 673 g/mol. The van der Waals surface area contributed by atoms with Crippen molar-refractivity contribution >= 4 is 40.5 Å². The van der Waals surface area contributed by atoms with E-state index in [2.05, 4.69) is 5.32 Å². The first-order valence-corrected chi connectivity index (χ1v) is 17.3. The molecule has 0 bridgehead atoms. The van der Waals surface area contributed by atoms with Gasteiger partial charge in [0.1, 0.15) is 11.9 Å². The maximum atomic E-state index is 14.2. The number of halogens is 1. The molecule has 4 aromatic rings. The quantitative estimate of drug-likeness (QED) is 0.185. The van der Waals surface area contributed by atoms with Crippen molar-refractivity contribution in [2.75, 3.05) is 24.3 Å². The molecule has 1 aliphatic rings. The Morgan fingerprint density at radius 2 is 1.57 bits per heavy atom. The smallest absolute Gasteiger partial charge is 0.420 e. The van der Waals surface area contributed by atoms with Gasteiger partial charge in [0.2, 0.25) is 0 Å². The summed E-state index contributed by atoms with van der Waals surface area (Å²) >= 11 is 4.75. The van der Waals surface area contributed by atoms with Crippen molar-refractivity contribution in [3.05, 3.63) is 131 Å². The van der Waals surface area contributed by atoms with E-state index >= 15 is 0 Å². The molecule has 1 unspecified atom stereocenters. The molecule has 1 fully saturated rings. The second kappa shape index (κ2) is 16.4. The van der Waals surface area contributed by atoms with Crippen molar-refractivity contribution in [3.63, 3.8) is 0 Å². The van der Waals surface area contributed by atoms with Crippen LogP contribution in [0, 0.1) is 0 Å². The third kappa shape index (κ3) is 8.61. The number of nitrogens with one attached hydrogen (secondary N) is 1. The zero-order valence-electron chi connectivity index (χ0n) is 26.5. The number of aryl methyl sites for hydroxylation is 1. The number of carbonyl (C=O) groups excluding carboxylic acids is 2. The molecule has 0 radical (unpaired) electrons. The van der Waals surface area contributed by atoms with Crippen LogP contribution in [0.3, 0.4) is 0 Å². The number of imide groups is 1. The Balaban J connectivity index is 1.33. The fourth-order valence-electron chi connectivity index (χ4n) is 5.92. The Morgan fingerprint density at radius 1 is 0.979 bits per heavy atom. The van der Waals surface area contributed by atoms with Crippen LogP contribution in [0.25, 0.3) is 0 Å². The van der Waals surface area contributed by atoms with E-state index in [1.54, 1.807) is 36.4 Å². The minimum absolute atomic E-state index is 0.0193. The van der Waals surface area contributed by atoms with Crippen LogP contribution in [-0.2, 0) is 31.9 Å². The van der Waals surface area contributed by atoms with Gasteiger partial charge >= 0.3 is 6.09 Å². The molecule has 8 nitrogen and oxygen atoms in total. The molecular weight excluding hydrogens is 634 g/mol. The number of nitrogens with zero attached hydrogens (tertiary/aromatic N) is 1. The number of para-hydroxylation sites is 1. The van der Waals surface area contributed by atoms with Crippen LogP contribution in [0.5, 0.6) is 0 Å². The van der Waals surface area contributed by atoms with Crippen LogP contribution >= 0.6 is 11.6 Å². The fourth-order valence-corrected chi connectivity index (χ4v) is 7.35. The molecule has 10 heteroatoms. The second-order valence-corrected chi connectivity index (χ2v) is 13.5. The third-order valence-electron chi connectivity index (χ3n) is 8.49. The molecule has 5 atom stereocenters. The summed E-state index contributed by atoms with van der Waals surface area (Å²) in [7, 11) is 1.25. The standard InChI is InChI=1S/C37H40ClN3O5S/c1-25-33(24-47(44)31-21-18-29(38)19-22-31)46-30(23-40-25)20-17-26-11-9-10-16-32(26)41(37(43)45-2)36(42)35(39)34(27-12-5-3-6-13-27)28-14-7-4-8-15-28/h3-16,18-19,21-22,25,30,33-35,40H,17,20,23-24,39H2,1-2H3/t25-,30-,33-,35+,47?/m1/s1. The van der Waals surface area contributed by atoms with Crippen molar-refractivity contribution in [1.82, 2.24) is 5.32 Å². The van der Waals surface area contributed by atoms with Crippen LogP contribution in [0.4, 0.5) is 10.5 Å². The van der Waals surface area contributed by atoms with E-state index in [0.29, 0.717) is 40.7 Å². The number of rotatable bonds is 11. The summed E-state index contributed by atoms with van der Waals surface area (Å²) < 4.78 is 24.7. The number of ether oxygens (including phenoxy) is 2. The normalized spacial score (nSPS) is 19.1. The summed E-state index contributed by atoms with van der Waals surface area (Å²) in [5.41, 5.74) is 9.67. The number of hydrogen-bond donors (Lipinski definition) is 2. The molecular formula is C37H40ClN3O5S. The van der Waals surface area contributed by atoms with E-state index in [1.807, 2.05) is 79.7 Å². The van der Waals surface area contributed by atoms with Crippen molar-refractivity contribution in [3.8, 4) is 0 Å². The summed E-state index contributed by atoms with van der Waals surface area (Å²) in [5, 5.41) is 4.08. The SMILES string of the molecule is COC(=O)N(C(=O)[C@@H](N)C(c1ccccc1)c1ccccc1)c1ccccc1CC[C@@H]1CN[C@H](C)[C@@H](C[S+]([O-])c2ccc(Cl)cc2)O1. The Hall–Kier alpha value is -3.70. The number of nitrogens with two attached hydrogens (primary N) is 1. The third-order valence-corrected chi connectivity index (χ3v) is 10.2. The lowest BCUT2D eigenvalue weighted by molar-refractivity contribution is -0.119. The van der Waals surface area contributed by atoms with E-state index in [9.17, 15) is 14.1 Å². The first kappa shape index (κ1) is 34.6. The van der Waals surface area contributed by atoms with Crippen molar-refractivity contribution < 1.29 is 23.6 Å². The first-order chi connectivity index (χ1) is 22.8. The van der Waals surface area contributed by atoms with Crippen molar-refractivity contribution in [2.45, 2.75) is 54.9 Å². The van der Waals surface area contributed by atoms with E-state index in [1.165, 1.54) is 7.11 Å². The van der Waals surface area contributed by atoms with Crippen LogP contribution < -0.4 is 16.0 Å². The zero-order valence-corrected chi connectivity index (χ0v) is 28.0. The van der Waals surface area contributed by atoms with Gasteiger partial charge in [0, 0.05) is 23.5 Å². The highest BCUT2D eigenvalue weighted by Gasteiger charge is 2.37. The predicted molar refractivity (Wildman–Crippen MR) is 186 cm³/mol. The molecule has 2 amide bonds. The highest BCUT2D eigenvalue weighted by molar-refractivity contribution is 7.91. The molecule has 0 spiro atoms. The fraction of sp³-hybridized carbons (Fsp3) is 0.297. The topological polar surface area (TPSA) is 117 Å². The van der Waals surface area contributed by atoms with Crippen LogP contribution in [-0.4, -0.2) is 60.3 Å². The molecule has 5 rings (SSSR count). The molecule has 246 valence electrons. The molecule has 1 heterocycles. The van der Waals surface area contributed by atoms with E-state index in [0.717, 1.165) is 21.6 Å². The average molecular weight is 674 g/mol. The Kier molecular flexibility index (Phi) is 12.1. The number of morpholine rings is 1. The summed E-state index contributed by atoms with van der Waals surface area (Å²) in [6.45, 7) is 2.64. The van der Waals surface area contributed by atoms with Gasteiger partial charge in [-0.15, -0.1) is 0 Å². The molecule has 3 N–H and O–H groups in total. The highest BCUT2D eigenvalue weighted by atomic mass is 35.5. The van der Waals surface area contributed by atoms with Gasteiger partial charge in [-0.2, -0.15) is 0 Å². The molecule has 47 heavy (non-hydrogen) atoms. The van der Waals surface area contributed by atoms with Gasteiger partial charge in [-0.3, -0.25) is 4.79 Å². The molecule has 0 aromatic heterocycles. The van der Waals surface area contributed by atoms with Crippen LogP contribution in [0.15, 0.2) is 114 Å². The lowest BCUT2D eigenvalue weighted by atomic mass is 9.84. The minimum atomic E-state index is -1.25. The second-order valence-electron chi connectivity index (χ2n) is 11.6. The average Bonchev–Trinajstić information content (AvgIpc) is 3.10. The summed E-state index contributed by atoms with van der Waals surface area (Å²) in [6.07, 6.45) is -0.129. The Bertz CT molecular complexity index is 1570. The lowest BCUT2D eigenvalue weighted by Gasteiger charge is -2.36. The number of amides is 2. The number of hydrogen-bond acceptors (Lipinski definition) is 7. The van der Waals surface area contributed by atoms with Gasteiger partial charge in [0.15, 0.2) is 4.90 Å². The summed E-state index contributed by atoms with van der Waals surface area (Å²) in [4.78, 5) is 29.3. The lowest BCUT2D eigenvalue weighted by Crippen LogP contribution is -2.53. The van der Waals surface area contributed by atoms with Gasteiger partial charge < -0.3 is 25.1 Å².